The van der Waals surface area contributed by atoms with E-state index in [9.17, 15) is 0 Å². The van der Waals surface area contributed by atoms with Crippen LogP contribution in [0.2, 0.25) is 0 Å². The van der Waals surface area contributed by atoms with Gasteiger partial charge in [0, 0.05) is 26.6 Å². The molecule has 0 saturated carbocycles. The third-order valence-corrected chi connectivity index (χ3v) is 3.63. The molecule has 2 aliphatic rings. The van der Waals surface area contributed by atoms with Crippen molar-refractivity contribution in [3.8, 4) is 0 Å². The number of anilines is 2. The molecule has 0 aromatic carbocycles. The Balaban J connectivity index is 1.78. The maximum absolute atomic E-state index is 5.92. The van der Waals surface area contributed by atoms with Crippen LogP contribution in [0, 0.1) is 0 Å². The van der Waals surface area contributed by atoms with Crippen molar-refractivity contribution in [2.45, 2.75) is 12.0 Å². The van der Waals surface area contributed by atoms with Crippen molar-refractivity contribution in [3.63, 3.8) is 0 Å². The molecule has 0 radical (unpaired) electrons. The zero-order valence-corrected chi connectivity index (χ0v) is 10.7. The van der Waals surface area contributed by atoms with Crippen LogP contribution in [-0.2, 0) is 9.47 Å². The summed E-state index contributed by atoms with van der Waals surface area (Å²) in [4.78, 5) is 6.88. The summed E-state index contributed by atoms with van der Waals surface area (Å²) in [5, 5.41) is 3.07. The Hall–Kier alpha value is -1.33. The van der Waals surface area contributed by atoms with Crippen LogP contribution in [0.3, 0.4) is 0 Å². The highest BCUT2D eigenvalue weighted by atomic mass is 16.6. The standard InChI is InChI=1S/C13H19N3O2/c1-14-11-3-2-4-12(15-11)16-6-8-18-13(9-16)5-7-17-10-13/h2-4H,5-10H2,1H3,(H,14,15)/t13-/m0/s1. The third-order valence-electron chi connectivity index (χ3n) is 3.63. The van der Waals surface area contributed by atoms with Gasteiger partial charge in [-0.2, -0.15) is 0 Å². The fraction of sp³-hybridized carbons (Fsp3) is 0.615. The van der Waals surface area contributed by atoms with E-state index < -0.39 is 0 Å². The molecule has 1 aromatic heterocycles. The van der Waals surface area contributed by atoms with Gasteiger partial charge in [0.1, 0.15) is 17.2 Å². The number of nitrogens with zero attached hydrogens (tertiary/aromatic N) is 2. The number of hydrogen-bond donors (Lipinski definition) is 1. The summed E-state index contributed by atoms with van der Waals surface area (Å²) < 4.78 is 11.4. The molecule has 2 saturated heterocycles. The highest BCUT2D eigenvalue weighted by molar-refractivity contribution is 5.47. The average molecular weight is 249 g/mol. The van der Waals surface area contributed by atoms with Crippen LogP contribution in [0.15, 0.2) is 18.2 Å². The number of ether oxygens (including phenoxy) is 2. The molecule has 1 atom stereocenters. The number of nitrogens with one attached hydrogen (secondary N) is 1. The SMILES string of the molecule is CNc1cccc(N2CCO[C@@]3(CCOC3)C2)n1. The molecule has 1 aromatic rings. The smallest absolute Gasteiger partial charge is 0.131 e. The molecular weight excluding hydrogens is 230 g/mol. The maximum Gasteiger partial charge on any atom is 0.131 e. The number of aromatic nitrogens is 1. The lowest BCUT2D eigenvalue weighted by Crippen LogP contribution is -2.52. The topological polar surface area (TPSA) is 46.6 Å². The van der Waals surface area contributed by atoms with Crippen molar-refractivity contribution in [1.82, 2.24) is 4.98 Å². The van der Waals surface area contributed by atoms with Crippen LogP contribution in [0.5, 0.6) is 0 Å². The molecule has 18 heavy (non-hydrogen) atoms. The molecule has 0 unspecified atom stereocenters. The minimum absolute atomic E-state index is 0.115. The molecule has 1 N–H and O–H groups in total. The van der Waals surface area contributed by atoms with Gasteiger partial charge in [-0.05, 0) is 12.1 Å². The van der Waals surface area contributed by atoms with Crippen molar-refractivity contribution >= 4 is 11.6 Å². The predicted molar refractivity (Wildman–Crippen MR) is 70.1 cm³/mol. The van der Waals surface area contributed by atoms with Gasteiger partial charge in [-0.25, -0.2) is 4.98 Å². The molecule has 3 rings (SSSR count). The number of hydrogen-bond acceptors (Lipinski definition) is 5. The van der Waals surface area contributed by atoms with E-state index in [1.54, 1.807) is 0 Å². The van der Waals surface area contributed by atoms with Crippen LogP contribution in [0.4, 0.5) is 11.6 Å². The fourth-order valence-electron chi connectivity index (χ4n) is 2.61. The molecule has 1 spiro atoms. The Kier molecular flexibility index (Phi) is 3.09. The van der Waals surface area contributed by atoms with E-state index in [-0.39, 0.29) is 5.60 Å². The Morgan fingerprint density at radius 2 is 2.33 bits per heavy atom. The van der Waals surface area contributed by atoms with E-state index in [1.807, 2.05) is 19.2 Å². The Bertz CT molecular complexity index is 418. The van der Waals surface area contributed by atoms with Gasteiger partial charge in [-0.1, -0.05) is 6.07 Å². The Labute approximate surface area is 107 Å². The van der Waals surface area contributed by atoms with Gasteiger partial charge in [-0.15, -0.1) is 0 Å². The average Bonchev–Trinajstić information content (AvgIpc) is 2.87. The molecule has 2 fully saturated rings. The van der Waals surface area contributed by atoms with E-state index in [0.717, 1.165) is 44.4 Å². The van der Waals surface area contributed by atoms with E-state index in [4.69, 9.17) is 9.47 Å². The predicted octanol–water partition coefficient (Wildman–Crippen LogP) is 1.12. The van der Waals surface area contributed by atoms with Gasteiger partial charge >= 0.3 is 0 Å². The van der Waals surface area contributed by atoms with Gasteiger partial charge < -0.3 is 19.7 Å². The van der Waals surface area contributed by atoms with Crippen LogP contribution in [0.1, 0.15) is 6.42 Å². The molecule has 5 nitrogen and oxygen atoms in total. The largest absolute Gasteiger partial charge is 0.378 e. The molecule has 0 amide bonds. The van der Waals surface area contributed by atoms with Gasteiger partial charge in [-0.3, -0.25) is 0 Å². The van der Waals surface area contributed by atoms with Gasteiger partial charge in [0.2, 0.25) is 0 Å². The quantitative estimate of drug-likeness (QED) is 0.851. The van der Waals surface area contributed by atoms with Gasteiger partial charge in [0.25, 0.3) is 0 Å². The van der Waals surface area contributed by atoms with E-state index in [1.165, 1.54) is 0 Å². The summed E-state index contributed by atoms with van der Waals surface area (Å²) in [6.07, 6.45) is 0.981. The maximum atomic E-state index is 5.92. The third kappa shape index (κ3) is 2.15. The summed E-state index contributed by atoms with van der Waals surface area (Å²) in [6, 6.07) is 6.05. The minimum Gasteiger partial charge on any atom is -0.378 e. The second kappa shape index (κ2) is 4.74. The normalized spacial score (nSPS) is 27.7. The highest BCUT2D eigenvalue weighted by Gasteiger charge is 2.40. The summed E-state index contributed by atoms with van der Waals surface area (Å²) in [7, 11) is 1.89. The molecule has 98 valence electrons. The second-order valence-corrected chi connectivity index (χ2v) is 4.89. The second-order valence-electron chi connectivity index (χ2n) is 4.89. The molecule has 2 aliphatic heterocycles. The van der Waals surface area contributed by atoms with Crippen molar-refractivity contribution in [1.29, 1.82) is 0 Å². The lowest BCUT2D eigenvalue weighted by Gasteiger charge is -2.40. The van der Waals surface area contributed by atoms with E-state index >= 15 is 0 Å². The first kappa shape index (κ1) is 11.7. The Morgan fingerprint density at radius 3 is 3.11 bits per heavy atom. The summed E-state index contributed by atoms with van der Waals surface area (Å²) in [6.45, 7) is 4.01. The summed E-state index contributed by atoms with van der Waals surface area (Å²) in [5.41, 5.74) is -0.115. The monoisotopic (exact) mass is 249 g/mol. The first-order chi connectivity index (χ1) is 8.81. The van der Waals surface area contributed by atoms with E-state index in [2.05, 4.69) is 21.3 Å². The number of rotatable bonds is 2. The highest BCUT2D eigenvalue weighted by Crippen LogP contribution is 2.29. The number of morpholine rings is 1. The fourth-order valence-corrected chi connectivity index (χ4v) is 2.61. The first-order valence-corrected chi connectivity index (χ1v) is 6.43. The zero-order valence-electron chi connectivity index (χ0n) is 10.7. The van der Waals surface area contributed by atoms with Gasteiger partial charge in [0.15, 0.2) is 0 Å². The van der Waals surface area contributed by atoms with Crippen molar-refractivity contribution in [2.24, 2.45) is 0 Å². The zero-order chi connectivity index (χ0) is 12.4. The minimum atomic E-state index is -0.115. The van der Waals surface area contributed by atoms with Crippen LogP contribution < -0.4 is 10.2 Å². The van der Waals surface area contributed by atoms with Crippen LogP contribution in [-0.4, -0.2) is 50.5 Å². The molecule has 0 aliphatic carbocycles. The van der Waals surface area contributed by atoms with Crippen molar-refractivity contribution < 1.29 is 9.47 Å². The molecule has 0 bridgehead atoms. The molecular formula is C13H19N3O2. The van der Waals surface area contributed by atoms with Crippen molar-refractivity contribution in [2.75, 3.05) is 50.2 Å². The molecule has 3 heterocycles. The lowest BCUT2D eigenvalue weighted by atomic mass is 10.0. The Morgan fingerprint density at radius 1 is 1.39 bits per heavy atom. The molecule has 5 heteroatoms. The van der Waals surface area contributed by atoms with Crippen LogP contribution in [0.25, 0.3) is 0 Å². The summed E-state index contributed by atoms with van der Waals surface area (Å²) >= 11 is 0. The van der Waals surface area contributed by atoms with Gasteiger partial charge in [0.05, 0.1) is 19.8 Å². The number of pyridine rings is 1. The summed E-state index contributed by atoms with van der Waals surface area (Å²) in [5.74, 6) is 1.91. The first-order valence-electron chi connectivity index (χ1n) is 6.43. The van der Waals surface area contributed by atoms with Crippen LogP contribution >= 0.6 is 0 Å². The van der Waals surface area contributed by atoms with E-state index in [0.29, 0.717) is 6.61 Å². The van der Waals surface area contributed by atoms with Crippen molar-refractivity contribution in [3.05, 3.63) is 18.2 Å². The lowest BCUT2D eigenvalue weighted by molar-refractivity contribution is -0.0581.